The van der Waals surface area contributed by atoms with Gasteiger partial charge in [-0.25, -0.2) is 4.98 Å². The van der Waals surface area contributed by atoms with Crippen LogP contribution in [-0.2, 0) is 4.79 Å². The summed E-state index contributed by atoms with van der Waals surface area (Å²) < 4.78 is 0. The van der Waals surface area contributed by atoms with E-state index in [0.29, 0.717) is 18.1 Å². The van der Waals surface area contributed by atoms with E-state index in [1.807, 2.05) is 30.9 Å². The molecule has 1 aliphatic rings. The van der Waals surface area contributed by atoms with Gasteiger partial charge in [-0.15, -0.1) is 12.4 Å². The molecule has 0 aliphatic carbocycles. The number of carbonyl (C=O) groups excluding carboxylic acids is 1. The molecule has 118 valence electrons. The van der Waals surface area contributed by atoms with Gasteiger partial charge in [0.25, 0.3) is 0 Å². The minimum absolute atomic E-state index is 0. The number of carbonyl (C=O) groups is 1. The van der Waals surface area contributed by atoms with Crippen molar-refractivity contribution in [2.45, 2.75) is 19.9 Å². The van der Waals surface area contributed by atoms with Gasteiger partial charge in [-0.05, 0) is 18.1 Å². The van der Waals surface area contributed by atoms with Crippen LogP contribution >= 0.6 is 24.0 Å². The van der Waals surface area contributed by atoms with Gasteiger partial charge in [-0.2, -0.15) is 0 Å². The highest BCUT2D eigenvalue weighted by Crippen LogP contribution is 2.16. The number of amides is 1. The van der Waals surface area contributed by atoms with E-state index in [2.05, 4.69) is 9.88 Å². The Balaban J connectivity index is 0.00000220. The number of nitrogens with two attached hydrogens (primary N) is 1. The lowest BCUT2D eigenvalue weighted by Crippen LogP contribution is -2.54. The van der Waals surface area contributed by atoms with Crippen LogP contribution in [0.25, 0.3) is 0 Å². The third-order valence-corrected chi connectivity index (χ3v) is 3.85. The van der Waals surface area contributed by atoms with Crippen molar-refractivity contribution >= 4 is 35.7 Å². The van der Waals surface area contributed by atoms with Crippen LogP contribution in [0.3, 0.4) is 0 Å². The minimum Gasteiger partial charge on any atom is -0.353 e. The quantitative estimate of drug-likeness (QED) is 0.916. The molecule has 0 aromatic carbocycles. The SMILES string of the molecule is CC(C)[C@H](N)C(=O)N1CCN(c2ccc(Cl)cn2)CC1.Cl. The molecular formula is C14H22Cl2N4O. The summed E-state index contributed by atoms with van der Waals surface area (Å²) in [6.45, 7) is 6.84. The highest BCUT2D eigenvalue weighted by Gasteiger charge is 2.27. The zero-order valence-electron chi connectivity index (χ0n) is 12.3. The van der Waals surface area contributed by atoms with Crippen LogP contribution < -0.4 is 10.6 Å². The Kier molecular flexibility index (Phi) is 6.71. The van der Waals surface area contributed by atoms with Gasteiger partial charge in [0.05, 0.1) is 11.1 Å². The van der Waals surface area contributed by atoms with Gasteiger partial charge < -0.3 is 15.5 Å². The van der Waals surface area contributed by atoms with Crippen molar-refractivity contribution in [3.8, 4) is 0 Å². The average molecular weight is 333 g/mol. The van der Waals surface area contributed by atoms with Crippen LogP contribution in [0.2, 0.25) is 5.02 Å². The zero-order valence-corrected chi connectivity index (χ0v) is 13.9. The van der Waals surface area contributed by atoms with Crippen LogP contribution in [0.15, 0.2) is 18.3 Å². The molecule has 0 unspecified atom stereocenters. The van der Waals surface area contributed by atoms with Crippen LogP contribution in [0.5, 0.6) is 0 Å². The summed E-state index contributed by atoms with van der Waals surface area (Å²) in [7, 11) is 0. The fraction of sp³-hybridized carbons (Fsp3) is 0.571. The molecule has 1 aliphatic heterocycles. The van der Waals surface area contributed by atoms with Gasteiger partial charge in [0.1, 0.15) is 5.82 Å². The molecule has 1 atom stereocenters. The first-order chi connectivity index (χ1) is 9.49. The van der Waals surface area contributed by atoms with Gasteiger partial charge in [0, 0.05) is 32.4 Å². The molecule has 0 bridgehead atoms. The van der Waals surface area contributed by atoms with E-state index in [1.54, 1.807) is 6.20 Å². The summed E-state index contributed by atoms with van der Waals surface area (Å²) in [4.78, 5) is 20.5. The molecule has 1 aromatic rings. The van der Waals surface area contributed by atoms with Gasteiger partial charge in [-0.1, -0.05) is 25.4 Å². The molecule has 1 amide bonds. The number of aromatic nitrogens is 1. The highest BCUT2D eigenvalue weighted by molar-refractivity contribution is 6.30. The standard InChI is InChI=1S/C14H21ClN4O.ClH/c1-10(2)13(16)14(20)19-7-5-18(6-8-19)12-4-3-11(15)9-17-12;/h3-4,9-10,13H,5-8,16H2,1-2H3;1H/t13-;/m0./s1. The molecule has 0 spiro atoms. The van der Waals surface area contributed by atoms with E-state index in [4.69, 9.17) is 17.3 Å². The summed E-state index contributed by atoms with van der Waals surface area (Å²) >= 11 is 5.83. The van der Waals surface area contributed by atoms with Crippen molar-refractivity contribution in [1.29, 1.82) is 0 Å². The zero-order chi connectivity index (χ0) is 14.7. The van der Waals surface area contributed by atoms with Crippen molar-refractivity contribution < 1.29 is 4.79 Å². The molecule has 0 saturated carbocycles. The van der Waals surface area contributed by atoms with Crippen molar-refractivity contribution in [2.24, 2.45) is 11.7 Å². The second-order valence-corrected chi connectivity index (χ2v) is 5.85. The number of rotatable bonds is 3. The number of anilines is 1. The molecule has 5 nitrogen and oxygen atoms in total. The fourth-order valence-electron chi connectivity index (χ4n) is 2.21. The van der Waals surface area contributed by atoms with Crippen molar-refractivity contribution in [3.05, 3.63) is 23.4 Å². The predicted molar refractivity (Wildman–Crippen MR) is 88.1 cm³/mol. The summed E-state index contributed by atoms with van der Waals surface area (Å²) in [6, 6.07) is 3.32. The van der Waals surface area contributed by atoms with Crippen LogP contribution in [0.1, 0.15) is 13.8 Å². The number of nitrogens with zero attached hydrogens (tertiary/aromatic N) is 3. The van der Waals surface area contributed by atoms with Crippen molar-refractivity contribution in [2.75, 3.05) is 31.1 Å². The Hall–Kier alpha value is -1.04. The van der Waals surface area contributed by atoms with E-state index in [9.17, 15) is 4.79 Å². The Bertz CT molecular complexity index is 459. The average Bonchev–Trinajstić information content (AvgIpc) is 2.46. The fourth-order valence-corrected chi connectivity index (χ4v) is 2.32. The molecule has 1 aromatic heterocycles. The number of piperazine rings is 1. The summed E-state index contributed by atoms with van der Waals surface area (Å²) in [5, 5.41) is 0.630. The first kappa shape index (κ1) is 18.0. The van der Waals surface area contributed by atoms with Gasteiger partial charge >= 0.3 is 0 Å². The Morgan fingerprint density at radius 2 is 1.90 bits per heavy atom. The first-order valence-electron chi connectivity index (χ1n) is 6.90. The molecule has 2 heterocycles. The van der Waals surface area contributed by atoms with Crippen molar-refractivity contribution in [3.63, 3.8) is 0 Å². The summed E-state index contributed by atoms with van der Waals surface area (Å²) in [5.41, 5.74) is 5.92. The largest absolute Gasteiger partial charge is 0.353 e. The third kappa shape index (κ3) is 4.46. The van der Waals surface area contributed by atoms with Gasteiger partial charge in [0.2, 0.25) is 5.91 Å². The maximum Gasteiger partial charge on any atom is 0.239 e. The predicted octanol–water partition coefficient (Wildman–Crippen LogP) is 1.79. The van der Waals surface area contributed by atoms with Crippen LogP contribution in [0.4, 0.5) is 5.82 Å². The van der Waals surface area contributed by atoms with E-state index in [-0.39, 0.29) is 24.2 Å². The topological polar surface area (TPSA) is 62.5 Å². The Labute approximate surface area is 136 Å². The molecule has 2 N–H and O–H groups in total. The minimum atomic E-state index is -0.407. The number of pyridine rings is 1. The summed E-state index contributed by atoms with van der Waals surface area (Å²) in [5.74, 6) is 1.11. The maximum absolute atomic E-state index is 12.2. The molecule has 21 heavy (non-hydrogen) atoms. The van der Waals surface area contributed by atoms with Crippen molar-refractivity contribution in [1.82, 2.24) is 9.88 Å². The molecule has 1 fully saturated rings. The Morgan fingerprint density at radius 1 is 1.29 bits per heavy atom. The lowest BCUT2D eigenvalue weighted by atomic mass is 10.0. The normalized spacial score (nSPS) is 16.6. The lowest BCUT2D eigenvalue weighted by molar-refractivity contribution is -0.133. The van der Waals surface area contributed by atoms with E-state index in [1.165, 1.54) is 0 Å². The molecule has 0 radical (unpaired) electrons. The highest BCUT2D eigenvalue weighted by atomic mass is 35.5. The number of halogens is 2. The second-order valence-electron chi connectivity index (χ2n) is 5.42. The van der Waals surface area contributed by atoms with Gasteiger partial charge in [0.15, 0.2) is 0 Å². The van der Waals surface area contributed by atoms with E-state index < -0.39 is 6.04 Å². The van der Waals surface area contributed by atoms with Crippen LogP contribution in [0, 0.1) is 5.92 Å². The monoisotopic (exact) mass is 332 g/mol. The first-order valence-corrected chi connectivity index (χ1v) is 7.27. The van der Waals surface area contributed by atoms with Gasteiger partial charge in [-0.3, -0.25) is 4.79 Å². The van der Waals surface area contributed by atoms with E-state index in [0.717, 1.165) is 18.9 Å². The smallest absolute Gasteiger partial charge is 0.239 e. The third-order valence-electron chi connectivity index (χ3n) is 3.63. The molecule has 1 saturated heterocycles. The second kappa shape index (κ2) is 7.82. The van der Waals surface area contributed by atoms with E-state index >= 15 is 0 Å². The molecule has 2 rings (SSSR count). The maximum atomic E-state index is 12.2. The molecule has 7 heteroatoms. The summed E-state index contributed by atoms with van der Waals surface area (Å²) in [6.07, 6.45) is 1.64. The number of hydrogen-bond donors (Lipinski definition) is 1. The molecular weight excluding hydrogens is 311 g/mol. The Morgan fingerprint density at radius 3 is 2.38 bits per heavy atom. The van der Waals surface area contributed by atoms with Crippen LogP contribution in [-0.4, -0.2) is 48.0 Å². The number of hydrogen-bond acceptors (Lipinski definition) is 4. The lowest BCUT2D eigenvalue weighted by Gasteiger charge is -2.37.